The predicted octanol–water partition coefficient (Wildman–Crippen LogP) is 4.54. The van der Waals surface area contributed by atoms with Crippen molar-refractivity contribution in [3.8, 4) is 0 Å². The first-order valence-corrected chi connectivity index (χ1v) is 7.70. The topological polar surface area (TPSA) is 25.2 Å². The molecule has 0 N–H and O–H groups in total. The van der Waals surface area contributed by atoms with E-state index in [1.807, 2.05) is 24.4 Å². The summed E-state index contributed by atoms with van der Waals surface area (Å²) in [5, 5.41) is 0.891. The molecule has 0 amide bonds. The number of aliphatic imine (C=N–C) groups is 1. The minimum absolute atomic E-state index is 0.891. The van der Waals surface area contributed by atoms with Gasteiger partial charge in [-0.3, -0.25) is 0 Å². The van der Waals surface area contributed by atoms with Gasteiger partial charge in [0.2, 0.25) is 5.13 Å². The molecule has 0 unspecified atom stereocenters. The van der Waals surface area contributed by atoms with Gasteiger partial charge < -0.3 is 0 Å². The molecule has 4 heteroatoms. The lowest BCUT2D eigenvalue weighted by molar-refractivity contribution is 0.682. The van der Waals surface area contributed by atoms with Crippen molar-refractivity contribution >= 4 is 38.6 Å². The molecule has 92 valence electrons. The predicted molar refractivity (Wildman–Crippen MR) is 80.2 cm³/mol. The molecule has 1 aliphatic carbocycles. The molecule has 0 bridgehead atoms. The summed E-state index contributed by atoms with van der Waals surface area (Å²) in [4.78, 5) is 10.5. The highest BCUT2D eigenvalue weighted by atomic mass is 79.9. The Morgan fingerprint density at radius 3 is 3.00 bits per heavy atom. The van der Waals surface area contributed by atoms with E-state index in [4.69, 9.17) is 0 Å². The molecule has 0 saturated carbocycles. The van der Waals surface area contributed by atoms with E-state index < -0.39 is 0 Å². The van der Waals surface area contributed by atoms with Crippen molar-refractivity contribution in [2.75, 3.05) is 0 Å². The number of aryl methyl sites for hydroxylation is 2. The lowest BCUT2D eigenvalue weighted by Gasteiger charge is -2.06. The number of nitrogens with zero attached hydrogens (tertiary/aromatic N) is 2. The molecule has 0 radical (unpaired) electrons. The highest BCUT2D eigenvalue weighted by molar-refractivity contribution is 9.10. The van der Waals surface area contributed by atoms with Crippen LogP contribution in [0.25, 0.3) is 0 Å². The maximum atomic E-state index is 4.60. The molecule has 0 spiro atoms. The summed E-state index contributed by atoms with van der Waals surface area (Å²) in [5.41, 5.74) is 2.37. The van der Waals surface area contributed by atoms with Crippen LogP contribution >= 0.6 is 27.3 Å². The van der Waals surface area contributed by atoms with Crippen LogP contribution in [0.15, 0.2) is 33.7 Å². The monoisotopic (exact) mass is 320 g/mol. The average Bonchev–Trinajstić information content (AvgIpc) is 2.79. The van der Waals surface area contributed by atoms with Gasteiger partial charge in [0, 0.05) is 15.6 Å². The Morgan fingerprint density at radius 2 is 2.17 bits per heavy atom. The van der Waals surface area contributed by atoms with Gasteiger partial charge in [0.1, 0.15) is 0 Å². The van der Waals surface area contributed by atoms with Gasteiger partial charge in [0.15, 0.2) is 0 Å². The molecule has 3 rings (SSSR count). The summed E-state index contributed by atoms with van der Waals surface area (Å²) in [6.45, 7) is 0. The quantitative estimate of drug-likeness (QED) is 0.746. The van der Waals surface area contributed by atoms with Crippen molar-refractivity contribution in [1.82, 2.24) is 4.98 Å². The van der Waals surface area contributed by atoms with Crippen molar-refractivity contribution < 1.29 is 0 Å². The molecule has 0 fully saturated rings. The fourth-order valence-electron chi connectivity index (χ4n) is 2.11. The minimum atomic E-state index is 0.891. The molecule has 1 aromatic heterocycles. The van der Waals surface area contributed by atoms with Gasteiger partial charge in [0.25, 0.3) is 0 Å². The molecule has 1 aliphatic rings. The first kappa shape index (κ1) is 12.1. The van der Waals surface area contributed by atoms with Gasteiger partial charge in [-0.2, -0.15) is 0 Å². The summed E-state index contributed by atoms with van der Waals surface area (Å²) < 4.78 is 1.07. The van der Waals surface area contributed by atoms with E-state index in [2.05, 4.69) is 32.0 Å². The molecule has 0 saturated heterocycles. The van der Waals surface area contributed by atoms with E-state index in [9.17, 15) is 0 Å². The lowest BCUT2D eigenvalue weighted by Crippen LogP contribution is -1.98. The van der Waals surface area contributed by atoms with Crippen LogP contribution in [0.4, 0.5) is 5.13 Å². The van der Waals surface area contributed by atoms with E-state index in [0.29, 0.717) is 0 Å². The van der Waals surface area contributed by atoms with Crippen molar-refractivity contribution in [2.45, 2.75) is 25.7 Å². The van der Waals surface area contributed by atoms with Crippen LogP contribution in [0, 0.1) is 0 Å². The average molecular weight is 321 g/mol. The van der Waals surface area contributed by atoms with Crippen LogP contribution in [-0.2, 0) is 12.8 Å². The van der Waals surface area contributed by atoms with Gasteiger partial charge in [-0.25, -0.2) is 9.98 Å². The first-order valence-electron chi connectivity index (χ1n) is 6.09. The number of fused-ring (bicyclic) bond motifs is 1. The molecular formula is C14H13BrN2S. The molecule has 2 aromatic rings. The SMILES string of the molecule is Brc1cccc(C=Nc2nc3c(s2)CCCC3)c1. The van der Waals surface area contributed by atoms with Gasteiger partial charge in [0.05, 0.1) is 5.69 Å². The van der Waals surface area contributed by atoms with Crippen molar-refractivity contribution in [3.63, 3.8) is 0 Å². The van der Waals surface area contributed by atoms with Crippen LogP contribution in [0.3, 0.4) is 0 Å². The normalized spacial score (nSPS) is 14.9. The molecule has 18 heavy (non-hydrogen) atoms. The second-order valence-corrected chi connectivity index (χ2v) is 6.36. The van der Waals surface area contributed by atoms with Crippen LogP contribution in [0.1, 0.15) is 29.0 Å². The van der Waals surface area contributed by atoms with Gasteiger partial charge in [-0.1, -0.05) is 39.4 Å². The van der Waals surface area contributed by atoms with E-state index in [-0.39, 0.29) is 0 Å². The molecule has 0 aliphatic heterocycles. The number of benzene rings is 1. The molecular weight excluding hydrogens is 308 g/mol. The second kappa shape index (κ2) is 5.33. The van der Waals surface area contributed by atoms with Crippen LogP contribution < -0.4 is 0 Å². The Morgan fingerprint density at radius 1 is 1.28 bits per heavy atom. The summed E-state index contributed by atoms with van der Waals surface area (Å²) in [6, 6.07) is 8.12. The van der Waals surface area contributed by atoms with E-state index in [1.54, 1.807) is 11.3 Å². The number of halogens is 1. The fraction of sp³-hybridized carbons (Fsp3) is 0.286. The fourth-order valence-corrected chi connectivity index (χ4v) is 3.52. The Hall–Kier alpha value is -1.00. The standard InChI is InChI=1S/C14H13BrN2S/c15-11-5-3-4-10(8-11)9-16-14-17-12-6-1-2-7-13(12)18-14/h3-5,8-9H,1-2,6-7H2. The smallest absolute Gasteiger partial charge is 0.209 e. The summed E-state index contributed by atoms with van der Waals surface area (Å²) in [7, 11) is 0. The Kier molecular flexibility index (Phi) is 3.57. The largest absolute Gasteiger partial charge is 0.227 e. The van der Waals surface area contributed by atoms with E-state index >= 15 is 0 Å². The molecule has 0 atom stereocenters. The van der Waals surface area contributed by atoms with Gasteiger partial charge >= 0.3 is 0 Å². The number of aromatic nitrogens is 1. The summed E-state index contributed by atoms with van der Waals surface area (Å²) >= 11 is 5.20. The van der Waals surface area contributed by atoms with Crippen molar-refractivity contribution in [1.29, 1.82) is 0 Å². The Bertz CT molecular complexity index is 566. The highest BCUT2D eigenvalue weighted by Crippen LogP contribution is 2.31. The highest BCUT2D eigenvalue weighted by Gasteiger charge is 2.14. The summed E-state index contributed by atoms with van der Waals surface area (Å²) in [5.74, 6) is 0. The summed E-state index contributed by atoms with van der Waals surface area (Å²) in [6.07, 6.45) is 6.75. The van der Waals surface area contributed by atoms with E-state index in [0.717, 1.165) is 21.6 Å². The first-order chi connectivity index (χ1) is 8.81. The number of thiazole rings is 1. The van der Waals surface area contributed by atoms with Crippen LogP contribution in [0.5, 0.6) is 0 Å². The van der Waals surface area contributed by atoms with Crippen LogP contribution in [0.2, 0.25) is 0 Å². The zero-order chi connectivity index (χ0) is 12.4. The zero-order valence-corrected chi connectivity index (χ0v) is 12.3. The number of hydrogen-bond acceptors (Lipinski definition) is 3. The molecule has 2 nitrogen and oxygen atoms in total. The Balaban J connectivity index is 1.82. The Labute approximate surface area is 119 Å². The van der Waals surface area contributed by atoms with Crippen molar-refractivity contribution in [2.24, 2.45) is 4.99 Å². The zero-order valence-electron chi connectivity index (χ0n) is 9.90. The number of hydrogen-bond donors (Lipinski definition) is 0. The third-order valence-corrected chi connectivity index (χ3v) is 4.57. The second-order valence-electron chi connectivity index (χ2n) is 4.39. The molecule has 1 aromatic carbocycles. The third kappa shape index (κ3) is 2.70. The third-order valence-electron chi connectivity index (χ3n) is 3.01. The molecule has 1 heterocycles. The van der Waals surface area contributed by atoms with Gasteiger partial charge in [-0.15, -0.1) is 0 Å². The van der Waals surface area contributed by atoms with Crippen LogP contribution in [-0.4, -0.2) is 11.2 Å². The number of rotatable bonds is 2. The van der Waals surface area contributed by atoms with E-state index in [1.165, 1.54) is 29.8 Å². The maximum absolute atomic E-state index is 4.60. The van der Waals surface area contributed by atoms with Crippen molar-refractivity contribution in [3.05, 3.63) is 44.9 Å². The lowest BCUT2D eigenvalue weighted by atomic mass is 10.0. The maximum Gasteiger partial charge on any atom is 0.209 e. The van der Waals surface area contributed by atoms with Gasteiger partial charge in [-0.05, 0) is 43.4 Å². The minimum Gasteiger partial charge on any atom is -0.227 e.